The minimum atomic E-state index is 0.552. The summed E-state index contributed by atoms with van der Waals surface area (Å²) in [7, 11) is 0. The van der Waals surface area contributed by atoms with E-state index in [0.29, 0.717) is 6.61 Å². The van der Waals surface area contributed by atoms with Crippen LogP contribution in [0.5, 0.6) is 0 Å². The minimum absolute atomic E-state index is 0.552. The van der Waals surface area contributed by atoms with Gasteiger partial charge in [0, 0.05) is 0 Å². The van der Waals surface area contributed by atoms with Crippen LogP contribution < -0.4 is 0 Å². The lowest BCUT2D eigenvalue weighted by Gasteiger charge is -1.87. The molecule has 0 fully saturated rings. The van der Waals surface area contributed by atoms with E-state index in [9.17, 15) is 0 Å². The number of hydrogen-bond donors (Lipinski definition) is 1. The molecule has 0 atom stereocenters. The van der Waals surface area contributed by atoms with Gasteiger partial charge in [-0.15, -0.1) is 0 Å². The van der Waals surface area contributed by atoms with Crippen molar-refractivity contribution in [3.63, 3.8) is 0 Å². The highest BCUT2D eigenvalue weighted by Crippen LogP contribution is 1.77. The van der Waals surface area contributed by atoms with E-state index < -0.39 is 0 Å². The van der Waals surface area contributed by atoms with E-state index >= 15 is 0 Å². The second-order valence-corrected chi connectivity index (χ2v) is 0.940. The zero-order valence-corrected chi connectivity index (χ0v) is 3.77. The van der Waals surface area contributed by atoms with E-state index in [-0.39, 0.29) is 0 Å². The van der Waals surface area contributed by atoms with Crippen LogP contribution in [0.1, 0.15) is 13.3 Å². The van der Waals surface area contributed by atoms with Gasteiger partial charge >= 0.3 is 0 Å². The molecule has 0 aliphatic carbocycles. The van der Waals surface area contributed by atoms with Gasteiger partial charge in [0.25, 0.3) is 6.79 Å². The molecule has 0 aliphatic heterocycles. The fourth-order valence-electron chi connectivity index (χ4n) is 0.148. The number of ether oxygens (including phenoxy) is 1. The maximum absolute atomic E-state index is 7.73. The summed E-state index contributed by atoms with van der Waals surface area (Å²) in [6.45, 7) is 4.08. The Balaban J connectivity index is 2.34. The van der Waals surface area contributed by atoms with Crippen LogP contribution in [0.3, 0.4) is 0 Å². The Morgan fingerprint density at radius 2 is 2.50 bits per heavy atom. The summed E-state index contributed by atoms with van der Waals surface area (Å²) in [4.78, 5) is 0. The molecular formula is C4H8O2. The zero-order chi connectivity index (χ0) is 4.83. The molecule has 2 radical (unpaired) electrons. The van der Waals surface area contributed by atoms with Gasteiger partial charge in [0.05, 0.1) is 6.61 Å². The number of aliphatic hydroxyl groups is 1. The molecule has 2 heteroatoms. The lowest BCUT2D eigenvalue weighted by Crippen LogP contribution is -1.85. The van der Waals surface area contributed by atoms with Crippen LogP contribution in [0.4, 0.5) is 0 Å². The second kappa shape index (κ2) is 4.92. The standard InChI is InChI=1S/C4H8O2/c1-2-3-6-4-5/h5H,2-3H2,1H3. The molecular weight excluding hydrogens is 80.0 g/mol. The normalized spacial score (nSPS) is 9.00. The molecule has 36 valence electrons. The Morgan fingerprint density at radius 1 is 1.83 bits per heavy atom. The first-order valence-electron chi connectivity index (χ1n) is 1.92. The van der Waals surface area contributed by atoms with Gasteiger partial charge in [-0.05, 0) is 6.42 Å². The van der Waals surface area contributed by atoms with Crippen LogP contribution in [-0.4, -0.2) is 11.7 Å². The van der Waals surface area contributed by atoms with Gasteiger partial charge in [-0.2, -0.15) is 0 Å². The first-order chi connectivity index (χ1) is 2.91. The molecule has 6 heavy (non-hydrogen) atoms. The fraction of sp³-hybridized carbons (Fsp3) is 0.750. The highest BCUT2D eigenvalue weighted by molar-refractivity contribution is 4.23. The molecule has 0 saturated heterocycles. The van der Waals surface area contributed by atoms with Crippen LogP contribution >= 0.6 is 0 Å². The summed E-state index contributed by atoms with van der Waals surface area (Å²) < 4.78 is 4.29. The number of rotatable bonds is 3. The Hall–Kier alpha value is -0.0800. The van der Waals surface area contributed by atoms with Gasteiger partial charge in [0.15, 0.2) is 0 Å². The van der Waals surface area contributed by atoms with Crippen molar-refractivity contribution in [3.05, 3.63) is 6.79 Å². The van der Waals surface area contributed by atoms with Crippen LogP contribution in [0.15, 0.2) is 0 Å². The van der Waals surface area contributed by atoms with Crippen molar-refractivity contribution in [3.8, 4) is 0 Å². The summed E-state index contributed by atoms with van der Waals surface area (Å²) in [5.41, 5.74) is 0. The summed E-state index contributed by atoms with van der Waals surface area (Å²) >= 11 is 0. The van der Waals surface area contributed by atoms with Gasteiger partial charge in [-0.3, -0.25) is 0 Å². The Labute approximate surface area is 37.7 Å². The molecule has 0 aromatic carbocycles. The average Bonchev–Trinajstić information content (AvgIpc) is 1.61. The van der Waals surface area contributed by atoms with E-state index in [0.717, 1.165) is 6.42 Å². The molecule has 0 bridgehead atoms. The predicted molar refractivity (Wildman–Crippen MR) is 21.4 cm³/mol. The van der Waals surface area contributed by atoms with Gasteiger partial charge in [0.2, 0.25) is 0 Å². The molecule has 0 aromatic heterocycles. The average molecular weight is 88.1 g/mol. The SMILES string of the molecule is CCCO[C]O. The largest absolute Gasteiger partial charge is 0.357 e. The molecule has 0 spiro atoms. The molecule has 0 saturated carbocycles. The monoisotopic (exact) mass is 88.1 g/mol. The van der Waals surface area contributed by atoms with Crippen molar-refractivity contribution in [1.82, 2.24) is 0 Å². The van der Waals surface area contributed by atoms with E-state index in [1.807, 2.05) is 6.92 Å². The quantitative estimate of drug-likeness (QED) is 0.516. The Morgan fingerprint density at radius 3 is 2.67 bits per heavy atom. The predicted octanol–water partition coefficient (Wildman–Crippen LogP) is 0.782. The third-order valence-electron chi connectivity index (χ3n) is 0.371. The van der Waals surface area contributed by atoms with Crippen molar-refractivity contribution in [1.29, 1.82) is 0 Å². The summed E-state index contributed by atoms with van der Waals surface area (Å²) in [6.07, 6.45) is 0.910. The highest BCUT2D eigenvalue weighted by Gasteiger charge is 1.76. The van der Waals surface area contributed by atoms with Crippen LogP contribution in [0.2, 0.25) is 0 Å². The maximum Gasteiger partial charge on any atom is 0.289 e. The van der Waals surface area contributed by atoms with E-state index in [2.05, 4.69) is 4.74 Å². The topological polar surface area (TPSA) is 29.5 Å². The molecule has 1 N–H and O–H groups in total. The Kier molecular flexibility index (Phi) is 4.85. The third kappa shape index (κ3) is 3.92. The van der Waals surface area contributed by atoms with Gasteiger partial charge in [0.1, 0.15) is 0 Å². The third-order valence-corrected chi connectivity index (χ3v) is 0.371. The summed E-state index contributed by atoms with van der Waals surface area (Å²) in [5.74, 6) is 0. The van der Waals surface area contributed by atoms with Crippen molar-refractivity contribution in [2.45, 2.75) is 13.3 Å². The van der Waals surface area contributed by atoms with Crippen molar-refractivity contribution < 1.29 is 9.84 Å². The molecule has 0 unspecified atom stereocenters. The van der Waals surface area contributed by atoms with Crippen LogP contribution in [0, 0.1) is 6.79 Å². The molecule has 0 aliphatic rings. The highest BCUT2D eigenvalue weighted by atomic mass is 16.6. The maximum atomic E-state index is 7.73. The lowest BCUT2D eigenvalue weighted by atomic mass is 10.5. The minimum Gasteiger partial charge on any atom is -0.357 e. The Bertz CT molecular complexity index is 17.5. The fourth-order valence-corrected chi connectivity index (χ4v) is 0.148. The van der Waals surface area contributed by atoms with Crippen molar-refractivity contribution in [2.24, 2.45) is 0 Å². The van der Waals surface area contributed by atoms with Gasteiger partial charge < -0.3 is 9.84 Å². The van der Waals surface area contributed by atoms with E-state index in [4.69, 9.17) is 5.11 Å². The van der Waals surface area contributed by atoms with Crippen LogP contribution in [0.25, 0.3) is 0 Å². The molecule has 0 rings (SSSR count). The van der Waals surface area contributed by atoms with Crippen LogP contribution in [-0.2, 0) is 4.74 Å². The van der Waals surface area contributed by atoms with E-state index in [1.54, 1.807) is 6.79 Å². The van der Waals surface area contributed by atoms with Gasteiger partial charge in [-0.1, -0.05) is 6.92 Å². The molecule has 0 amide bonds. The summed E-state index contributed by atoms with van der Waals surface area (Å²) in [6, 6.07) is 0. The molecule has 0 heterocycles. The lowest BCUT2D eigenvalue weighted by molar-refractivity contribution is 0.0787. The number of hydrogen-bond acceptors (Lipinski definition) is 2. The first kappa shape index (κ1) is 5.92. The van der Waals surface area contributed by atoms with Crippen molar-refractivity contribution in [2.75, 3.05) is 6.61 Å². The smallest absolute Gasteiger partial charge is 0.289 e. The zero-order valence-electron chi connectivity index (χ0n) is 3.77. The molecule has 0 aromatic rings. The molecule has 2 nitrogen and oxygen atoms in total. The first-order valence-corrected chi connectivity index (χ1v) is 1.92. The summed E-state index contributed by atoms with van der Waals surface area (Å²) in [5, 5.41) is 7.73. The number of aliphatic hydroxyl groups excluding tert-OH is 1. The van der Waals surface area contributed by atoms with Crippen molar-refractivity contribution >= 4 is 0 Å². The van der Waals surface area contributed by atoms with E-state index in [1.165, 1.54) is 0 Å². The second-order valence-electron chi connectivity index (χ2n) is 0.940. The van der Waals surface area contributed by atoms with Gasteiger partial charge in [-0.25, -0.2) is 0 Å².